The number of hydrogen-bond donors (Lipinski definition) is 2. The fourth-order valence-corrected chi connectivity index (χ4v) is 3.80. The Balaban J connectivity index is 1.77. The van der Waals surface area contributed by atoms with Gasteiger partial charge in [0, 0.05) is 18.0 Å². The lowest BCUT2D eigenvalue weighted by Gasteiger charge is -2.23. The Morgan fingerprint density at radius 1 is 1.23 bits per heavy atom. The minimum absolute atomic E-state index is 0.183. The Hall–Kier alpha value is -2.22. The minimum Gasteiger partial charge on any atom is -0.370 e. The summed E-state index contributed by atoms with van der Waals surface area (Å²) in [6, 6.07) is 4.94. The van der Waals surface area contributed by atoms with E-state index in [1.807, 2.05) is 23.3 Å². The van der Waals surface area contributed by atoms with Crippen molar-refractivity contribution < 1.29 is 18.0 Å². The molecule has 2 aromatic rings. The first-order valence-electron chi connectivity index (χ1n) is 8.38. The number of urea groups is 1. The van der Waals surface area contributed by atoms with Crippen molar-refractivity contribution in [3.8, 4) is 0 Å². The maximum Gasteiger partial charge on any atom is 0.416 e. The van der Waals surface area contributed by atoms with E-state index in [9.17, 15) is 18.0 Å². The van der Waals surface area contributed by atoms with Crippen LogP contribution in [0.5, 0.6) is 0 Å². The van der Waals surface area contributed by atoms with Crippen LogP contribution < -0.4 is 15.5 Å². The predicted octanol–water partition coefficient (Wildman–Crippen LogP) is 5.00. The number of nitrogens with zero attached hydrogens (tertiary/aromatic N) is 1. The first-order chi connectivity index (χ1) is 12.3. The van der Waals surface area contributed by atoms with Crippen LogP contribution in [0.4, 0.5) is 29.3 Å². The van der Waals surface area contributed by atoms with E-state index in [1.54, 1.807) is 0 Å². The van der Waals surface area contributed by atoms with Crippen LogP contribution in [-0.2, 0) is 12.7 Å². The maximum absolute atomic E-state index is 13.1. The maximum atomic E-state index is 13.1. The third kappa shape index (κ3) is 4.30. The summed E-state index contributed by atoms with van der Waals surface area (Å²) in [5.41, 5.74) is 1.11. The zero-order valence-electron chi connectivity index (χ0n) is 14.3. The summed E-state index contributed by atoms with van der Waals surface area (Å²) in [4.78, 5) is 15.2. The fraction of sp³-hybridized carbons (Fsp3) is 0.389. The number of alkyl halides is 3. The Kier molecular flexibility index (Phi) is 5.41. The van der Waals surface area contributed by atoms with Crippen molar-refractivity contribution in [3.05, 3.63) is 45.6 Å². The summed E-state index contributed by atoms with van der Waals surface area (Å²) >= 11 is 1.53. The van der Waals surface area contributed by atoms with Crippen LogP contribution >= 0.6 is 11.3 Å². The number of aryl methyl sites for hydroxylation is 1. The fourth-order valence-electron chi connectivity index (χ4n) is 2.96. The van der Waals surface area contributed by atoms with Gasteiger partial charge in [-0.2, -0.15) is 13.2 Å². The van der Waals surface area contributed by atoms with Gasteiger partial charge in [-0.05, 0) is 55.0 Å². The van der Waals surface area contributed by atoms with E-state index in [4.69, 9.17) is 0 Å². The number of carbonyl (C=O) groups excluding carboxylic acids is 1. The number of benzene rings is 1. The van der Waals surface area contributed by atoms with Crippen molar-refractivity contribution in [2.24, 2.45) is 0 Å². The molecule has 4 nitrogen and oxygen atoms in total. The topological polar surface area (TPSA) is 44.4 Å². The molecule has 2 amide bonds. The Labute approximate surface area is 154 Å². The van der Waals surface area contributed by atoms with Gasteiger partial charge in [0.2, 0.25) is 0 Å². The number of carbonyl (C=O) groups is 1. The average molecular weight is 383 g/mol. The summed E-state index contributed by atoms with van der Waals surface area (Å²) < 4.78 is 39.2. The van der Waals surface area contributed by atoms with Crippen molar-refractivity contribution >= 4 is 28.7 Å². The molecule has 0 aliphatic carbocycles. The van der Waals surface area contributed by atoms with Gasteiger partial charge in [0.05, 0.1) is 23.5 Å². The molecule has 0 saturated carbocycles. The molecule has 1 aromatic heterocycles. The van der Waals surface area contributed by atoms with E-state index >= 15 is 0 Å². The van der Waals surface area contributed by atoms with E-state index < -0.39 is 17.8 Å². The molecule has 3 rings (SSSR count). The number of halogens is 3. The standard InChI is InChI=1S/C18H20F3N3OS/c1-12-6-9-26-16(12)11-22-17(25)23-14-10-13(18(19,20)21)4-5-15(14)24-7-2-3-8-24/h4-6,9-10H,2-3,7-8,11H2,1H3,(H2,22,23,25). The van der Waals surface area contributed by atoms with Gasteiger partial charge in [-0.3, -0.25) is 0 Å². The molecule has 1 aromatic carbocycles. The largest absolute Gasteiger partial charge is 0.416 e. The molecule has 26 heavy (non-hydrogen) atoms. The zero-order valence-corrected chi connectivity index (χ0v) is 15.1. The lowest BCUT2D eigenvalue weighted by Crippen LogP contribution is -2.29. The molecule has 1 saturated heterocycles. The highest BCUT2D eigenvalue weighted by Crippen LogP contribution is 2.36. The minimum atomic E-state index is -4.45. The van der Waals surface area contributed by atoms with E-state index in [2.05, 4.69) is 10.6 Å². The normalized spacial score (nSPS) is 14.5. The summed E-state index contributed by atoms with van der Waals surface area (Å²) in [6.45, 7) is 3.84. The van der Waals surface area contributed by atoms with Crippen molar-refractivity contribution in [1.29, 1.82) is 0 Å². The third-order valence-electron chi connectivity index (χ3n) is 4.40. The van der Waals surface area contributed by atoms with Crippen LogP contribution in [0.25, 0.3) is 0 Å². The van der Waals surface area contributed by atoms with Crippen molar-refractivity contribution in [2.45, 2.75) is 32.5 Å². The molecule has 2 N–H and O–H groups in total. The highest BCUT2D eigenvalue weighted by Gasteiger charge is 2.32. The van der Waals surface area contributed by atoms with Gasteiger partial charge in [0.15, 0.2) is 0 Å². The summed E-state index contributed by atoms with van der Waals surface area (Å²) in [5.74, 6) is 0. The molecule has 0 bridgehead atoms. The molecular formula is C18H20F3N3OS. The summed E-state index contributed by atoms with van der Waals surface area (Å²) in [5, 5.41) is 7.24. The predicted molar refractivity (Wildman–Crippen MR) is 97.8 cm³/mol. The molecule has 1 fully saturated rings. The molecule has 2 heterocycles. The highest BCUT2D eigenvalue weighted by atomic mass is 32.1. The SMILES string of the molecule is Cc1ccsc1CNC(=O)Nc1cc(C(F)(F)F)ccc1N1CCCC1. The highest BCUT2D eigenvalue weighted by molar-refractivity contribution is 7.10. The summed E-state index contributed by atoms with van der Waals surface area (Å²) in [7, 11) is 0. The van der Waals surface area contributed by atoms with Crippen molar-refractivity contribution in [3.63, 3.8) is 0 Å². The second-order valence-corrected chi connectivity index (χ2v) is 7.26. The number of anilines is 2. The molecule has 0 unspecified atom stereocenters. The molecule has 1 aliphatic heterocycles. The molecule has 140 valence electrons. The van der Waals surface area contributed by atoms with Crippen LogP contribution in [0.15, 0.2) is 29.6 Å². The molecule has 0 atom stereocenters. The van der Waals surface area contributed by atoms with Crippen LogP contribution in [0.1, 0.15) is 28.8 Å². The lowest BCUT2D eigenvalue weighted by atomic mass is 10.1. The lowest BCUT2D eigenvalue weighted by molar-refractivity contribution is -0.137. The van der Waals surface area contributed by atoms with Gasteiger partial charge in [-0.25, -0.2) is 4.79 Å². The van der Waals surface area contributed by atoms with Crippen LogP contribution in [0.2, 0.25) is 0 Å². The molecule has 0 radical (unpaired) electrons. The number of hydrogen-bond acceptors (Lipinski definition) is 3. The number of nitrogens with one attached hydrogen (secondary N) is 2. The Bertz CT molecular complexity index is 782. The second-order valence-electron chi connectivity index (χ2n) is 6.26. The Morgan fingerprint density at radius 2 is 1.96 bits per heavy atom. The second kappa shape index (κ2) is 7.57. The van der Waals surface area contributed by atoms with E-state index in [0.29, 0.717) is 12.2 Å². The summed E-state index contributed by atoms with van der Waals surface area (Å²) in [6.07, 6.45) is -2.47. The molecule has 0 spiro atoms. The molecule has 1 aliphatic rings. The monoisotopic (exact) mass is 383 g/mol. The van der Waals surface area contributed by atoms with Gasteiger partial charge in [-0.1, -0.05) is 0 Å². The third-order valence-corrected chi connectivity index (χ3v) is 5.42. The van der Waals surface area contributed by atoms with Crippen molar-refractivity contribution in [2.75, 3.05) is 23.3 Å². The van der Waals surface area contributed by atoms with E-state index in [0.717, 1.165) is 48.5 Å². The average Bonchev–Trinajstić information content (AvgIpc) is 3.24. The van der Waals surface area contributed by atoms with Gasteiger partial charge in [-0.15, -0.1) is 11.3 Å². The van der Waals surface area contributed by atoms with Gasteiger partial charge in [0.25, 0.3) is 0 Å². The first kappa shape index (κ1) is 18.6. The number of rotatable bonds is 4. The zero-order chi connectivity index (χ0) is 18.7. The molecule has 8 heteroatoms. The van der Waals surface area contributed by atoms with Gasteiger partial charge < -0.3 is 15.5 Å². The van der Waals surface area contributed by atoms with Gasteiger partial charge in [0.1, 0.15) is 0 Å². The van der Waals surface area contributed by atoms with E-state index in [1.165, 1.54) is 17.4 Å². The smallest absolute Gasteiger partial charge is 0.370 e. The number of thiophene rings is 1. The van der Waals surface area contributed by atoms with Crippen LogP contribution in [0, 0.1) is 6.92 Å². The Morgan fingerprint density at radius 3 is 2.58 bits per heavy atom. The van der Waals surface area contributed by atoms with E-state index in [-0.39, 0.29) is 5.69 Å². The quantitative estimate of drug-likeness (QED) is 0.781. The van der Waals surface area contributed by atoms with Crippen LogP contribution in [0.3, 0.4) is 0 Å². The van der Waals surface area contributed by atoms with Crippen molar-refractivity contribution in [1.82, 2.24) is 5.32 Å². The number of amides is 2. The first-order valence-corrected chi connectivity index (χ1v) is 9.26. The van der Waals surface area contributed by atoms with Crippen LogP contribution in [-0.4, -0.2) is 19.1 Å². The van der Waals surface area contributed by atoms with Gasteiger partial charge >= 0.3 is 12.2 Å². The molecular weight excluding hydrogens is 363 g/mol.